The molecule has 0 bridgehead atoms. The standard InChI is InChI=1S/C19H40N4O3.HI/c1-6-20-19(21-9-17(24)14-25-13-16(4)5)22-10-18-12-23(7-8-26-18)11-15(2)3;/h15-18,24H,6-14H2,1-5H3,(H2,20,21,22);1H. The Bertz CT molecular complexity index is 397. The molecule has 8 heteroatoms. The highest BCUT2D eigenvalue weighted by atomic mass is 127. The smallest absolute Gasteiger partial charge is 0.191 e. The maximum absolute atomic E-state index is 10.00. The third kappa shape index (κ3) is 13.6. The van der Waals surface area contributed by atoms with Gasteiger partial charge < -0.3 is 25.2 Å². The molecule has 0 amide bonds. The summed E-state index contributed by atoms with van der Waals surface area (Å²) in [5.74, 6) is 1.84. The van der Waals surface area contributed by atoms with Crippen LogP contribution in [0.3, 0.4) is 0 Å². The molecule has 0 aromatic heterocycles. The van der Waals surface area contributed by atoms with Gasteiger partial charge >= 0.3 is 0 Å². The molecule has 0 aliphatic carbocycles. The number of hydrogen-bond donors (Lipinski definition) is 3. The molecule has 162 valence electrons. The molecule has 0 radical (unpaired) electrons. The van der Waals surface area contributed by atoms with Crippen LogP contribution in [0.15, 0.2) is 4.99 Å². The molecule has 27 heavy (non-hydrogen) atoms. The van der Waals surface area contributed by atoms with E-state index < -0.39 is 6.10 Å². The van der Waals surface area contributed by atoms with Crippen LogP contribution in [-0.4, -0.2) is 87.3 Å². The zero-order valence-corrected chi connectivity index (χ0v) is 20.1. The fourth-order valence-corrected chi connectivity index (χ4v) is 2.83. The van der Waals surface area contributed by atoms with Crippen molar-refractivity contribution in [3.8, 4) is 0 Å². The highest BCUT2D eigenvalue weighted by Crippen LogP contribution is 2.07. The van der Waals surface area contributed by atoms with Gasteiger partial charge in [-0.15, -0.1) is 24.0 Å². The normalized spacial score (nSPS) is 19.9. The number of rotatable bonds is 11. The van der Waals surface area contributed by atoms with E-state index in [0.29, 0.717) is 44.1 Å². The number of aliphatic imine (C=N–C) groups is 1. The van der Waals surface area contributed by atoms with Gasteiger partial charge in [0, 0.05) is 39.3 Å². The Labute approximate surface area is 182 Å². The lowest BCUT2D eigenvalue weighted by Crippen LogP contribution is -2.50. The van der Waals surface area contributed by atoms with Gasteiger partial charge in [0.05, 0.1) is 32.0 Å². The summed E-state index contributed by atoms with van der Waals surface area (Å²) in [6, 6.07) is 0. The van der Waals surface area contributed by atoms with Crippen molar-refractivity contribution in [2.45, 2.75) is 46.8 Å². The summed E-state index contributed by atoms with van der Waals surface area (Å²) in [5.41, 5.74) is 0. The molecular formula is C19H41IN4O3. The number of hydrogen-bond acceptors (Lipinski definition) is 5. The lowest BCUT2D eigenvalue weighted by molar-refractivity contribution is -0.0284. The second-order valence-corrected chi connectivity index (χ2v) is 7.83. The minimum atomic E-state index is -0.586. The number of aliphatic hydroxyl groups is 1. The van der Waals surface area contributed by atoms with Crippen LogP contribution >= 0.6 is 24.0 Å². The van der Waals surface area contributed by atoms with Gasteiger partial charge in [-0.2, -0.15) is 0 Å². The molecular weight excluding hydrogens is 459 g/mol. The molecule has 0 saturated carbocycles. The molecule has 1 rings (SSSR count). The Kier molecular flexibility index (Phi) is 15.6. The zero-order valence-electron chi connectivity index (χ0n) is 17.7. The van der Waals surface area contributed by atoms with E-state index in [0.717, 1.165) is 32.8 Å². The second-order valence-electron chi connectivity index (χ2n) is 7.83. The van der Waals surface area contributed by atoms with Crippen molar-refractivity contribution in [3.63, 3.8) is 0 Å². The van der Waals surface area contributed by atoms with E-state index in [2.05, 4.69) is 48.2 Å². The first-order valence-corrected chi connectivity index (χ1v) is 10.0. The molecule has 1 aliphatic heterocycles. The molecule has 3 N–H and O–H groups in total. The van der Waals surface area contributed by atoms with Crippen molar-refractivity contribution in [1.82, 2.24) is 15.5 Å². The monoisotopic (exact) mass is 500 g/mol. The summed E-state index contributed by atoms with van der Waals surface area (Å²) in [4.78, 5) is 6.92. The first kappa shape index (κ1) is 26.8. The molecule has 1 fully saturated rings. The Morgan fingerprint density at radius 3 is 2.59 bits per heavy atom. The van der Waals surface area contributed by atoms with Gasteiger partial charge in [0.1, 0.15) is 0 Å². The zero-order chi connectivity index (χ0) is 19.4. The van der Waals surface area contributed by atoms with Crippen LogP contribution in [0.1, 0.15) is 34.6 Å². The second kappa shape index (κ2) is 15.7. The van der Waals surface area contributed by atoms with Gasteiger partial charge in [-0.05, 0) is 18.8 Å². The summed E-state index contributed by atoms with van der Waals surface area (Å²) >= 11 is 0. The van der Waals surface area contributed by atoms with Crippen LogP contribution in [0.2, 0.25) is 0 Å². The van der Waals surface area contributed by atoms with Crippen molar-refractivity contribution in [2.24, 2.45) is 16.8 Å². The highest BCUT2D eigenvalue weighted by molar-refractivity contribution is 14.0. The van der Waals surface area contributed by atoms with E-state index in [-0.39, 0.29) is 30.1 Å². The number of nitrogens with one attached hydrogen (secondary N) is 2. The predicted octanol–water partition coefficient (Wildman–Crippen LogP) is 1.55. The Balaban J connectivity index is 0.00000676. The van der Waals surface area contributed by atoms with Gasteiger partial charge in [-0.3, -0.25) is 9.89 Å². The van der Waals surface area contributed by atoms with Crippen molar-refractivity contribution >= 4 is 29.9 Å². The van der Waals surface area contributed by atoms with Gasteiger partial charge in [-0.1, -0.05) is 27.7 Å². The van der Waals surface area contributed by atoms with E-state index in [1.54, 1.807) is 0 Å². The average Bonchev–Trinajstić information content (AvgIpc) is 2.57. The summed E-state index contributed by atoms with van der Waals surface area (Å²) in [5, 5.41) is 16.5. The maximum Gasteiger partial charge on any atom is 0.191 e. The summed E-state index contributed by atoms with van der Waals surface area (Å²) < 4.78 is 11.3. The average molecular weight is 500 g/mol. The molecule has 0 spiro atoms. The van der Waals surface area contributed by atoms with Crippen LogP contribution in [0, 0.1) is 11.8 Å². The Morgan fingerprint density at radius 2 is 1.96 bits per heavy atom. The topological polar surface area (TPSA) is 78.4 Å². The molecule has 1 heterocycles. The molecule has 1 saturated heterocycles. The van der Waals surface area contributed by atoms with E-state index in [1.165, 1.54) is 0 Å². The fraction of sp³-hybridized carbons (Fsp3) is 0.947. The van der Waals surface area contributed by atoms with Crippen molar-refractivity contribution in [2.75, 3.05) is 59.1 Å². The van der Waals surface area contributed by atoms with Crippen molar-refractivity contribution in [3.05, 3.63) is 0 Å². The van der Waals surface area contributed by atoms with E-state index in [1.807, 2.05) is 6.92 Å². The molecule has 2 unspecified atom stereocenters. The van der Waals surface area contributed by atoms with Gasteiger partial charge in [0.2, 0.25) is 0 Å². The minimum absolute atomic E-state index is 0. The number of aliphatic hydroxyl groups excluding tert-OH is 1. The number of ether oxygens (including phenoxy) is 2. The molecule has 0 aromatic carbocycles. The lowest BCUT2D eigenvalue weighted by atomic mass is 10.2. The maximum atomic E-state index is 10.00. The largest absolute Gasteiger partial charge is 0.389 e. The van der Waals surface area contributed by atoms with Gasteiger partial charge in [0.25, 0.3) is 0 Å². The van der Waals surface area contributed by atoms with E-state index >= 15 is 0 Å². The predicted molar refractivity (Wildman–Crippen MR) is 122 cm³/mol. The summed E-state index contributed by atoms with van der Waals surface area (Å²) in [6.45, 7) is 17.3. The summed E-state index contributed by atoms with van der Waals surface area (Å²) in [6.07, 6.45) is -0.428. The first-order chi connectivity index (χ1) is 12.4. The fourth-order valence-electron chi connectivity index (χ4n) is 2.83. The van der Waals surface area contributed by atoms with E-state index in [4.69, 9.17) is 9.47 Å². The summed E-state index contributed by atoms with van der Waals surface area (Å²) in [7, 11) is 0. The highest BCUT2D eigenvalue weighted by Gasteiger charge is 2.21. The number of guanidine groups is 1. The first-order valence-electron chi connectivity index (χ1n) is 10.0. The Morgan fingerprint density at radius 1 is 1.22 bits per heavy atom. The van der Waals surface area contributed by atoms with Gasteiger partial charge in [-0.25, -0.2) is 0 Å². The van der Waals surface area contributed by atoms with Crippen LogP contribution in [0.4, 0.5) is 0 Å². The van der Waals surface area contributed by atoms with Crippen molar-refractivity contribution in [1.29, 1.82) is 0 Å². The SMILES string of the molecule is CCNC(=NCC(O)COCC(C)C)NCC1CN(CC(C)C)CCO1.I. The van der Waals surface area contributed by atoms with Crippen LogP contribution < -0.4 is 10.6 Å². The molecule has 1 aliphatic rings. The minimum Gasteiger partial charge on any atom is -0.389 e. The van der Waals surface area contributed by atoms with Crippen LogP contribution in [-0.2, 0) is 9.47 Å². The number of morpholine rings is 1. The number of nitrogens with zero attached hydrogens (tertiary/aromatic N) is 2. The van der Waals surface area contributed by atoms with Crippen LogP contribution in [0.25, 0.3) is 0 Å². The number of halogens is 1. The Hall–Kier alpha value is -0.160. The lowest BCUT2D eigenvalue weighted by Gasteiger charge is -2.34. The van der Waals surface area contributed by atoms with Gasteiger partial charge in [0.15, 0.2) is 5.96 Å². The molecule has 7 nitrogen and oxygen atoms in total. The third-order valence-electron chi connectivity index (χ3n) is 3.91. The third-order valence-corrected chi connectivity index (χ3v) is 3.91. The quantitative estimate of drug-likeness (QED) is 0.227. The van der Waals surface area contributed by atoms with E-state index in [9.17, 15) is 5.11 Å². The molecule has 0 aromatic rings. The van der Waals surface area contributed by atoms with Crippen LogP contribution in [0.5, 0.6) is 0 Å². The van der Waals surface area contributed by atoms with Crippen molar-refractivity contribution < 1.29 is 14.6 Å². The molecule has 2 atom stereocenters.